The van der Waals surface area contributed by atoms with Crippen molar-refractivity contribution in [1.82, 2.24) is 5.32 Å². The van der Waals surface area contributed by atoms with Gasteiger partial charge in [-0.15, -0.1) is 0 Å². The van der Waals surface area contributed by atoms with E-state index >= 15 is 0 Å². The van der Waals surface area contributed by atoms with E-state index in [1.165, 1.54) is 0 Å². The second kappa shape index (κ2) is 6.39. The SMILES string of the molecule is CCC(CC)(CC)NC(=O)[C@@H]1CCC[C@@H]1CN. The van der Waals surface area contributed by atoms with Gasteiger partial charge < -0.3 is 11.1 Å². The first-order chi connectivity index (χ1) is 8.12. The summed E-state index contributed by atoms with van der Waals surface area (Å²) in [6.07, 6.45) is 6.30. The Balaban J connectivity index is 2.64. The zero-order chi connectivity index (χ0) is 12.9. The average molecular weight is 240 g/mol. The molecule has 3 N–H and O–H groups in total. The van der Waals surface area contributed by atoms with E-state index < -0.39 is 0 Å². The Morgan fingerprint density at radius 1 is 1.24 bits per heavy atom. The van der Waals surface area contributed by atoms with Crippen molar-refractivity contribution in [3.8, 4) is 0 Å². The van der Waals surface area contributed by atoms with Gasteiger partial charge in [0.2, 0.25) is 5.91 Å². The van der Waals surface area contributed by atoms with Crippen molar-refractivity contribution < 1.29 is 4.79 Å². The largest absolute Gasteiger partial charge is 0.350 e. The molecular weight excluding hydrogens is 212 g/mol. The molecule has 0 saturated heterocycles. The van der Waals surface area contributed by atoms with Gasteiger partial charge in [0.05, 0.1) is 0 Å². The molecule has 0 unspecified atom stereocenters. The summed E-state index contributed by atoms with van der Waals surface area (Å²) >= 11 is 0. The molecule has 1 amide bonds. The predicted octanol–water partition coefficient (Wildman–Crippen LogP) is 2.45. The van der Waals surface area contributed by atoms with Gasteiger partial charge in [-0.2, -0.15) is 0 Å². The number of nitrogens with two attached hydrogens (primary N) is 1. The molecule has 3 nitrogen and oxygen atoms in total. The van der Waals surface area contributed by atoms with Crippen LogP contribution in [0.3, 0.4) is 0 Å². The number of carbonyl (C=O) groups is 1. The first-order valence-electron chi connectivity index (χ1n) is 7.14. The lowest BCUT2D eigenvalue weighted by Gasteiger charge is -2.33. The topological polar surface area (TPSA) is 55.1 Å². The van der Waals surface area contributed by atoms with Gasteiger partial charge in [0.15, 0.2) is 0 Å². The number of rotatable bonds is 6. The Morgan fingerprint density at radius 3 is 2.29 bits per heavy atom. The van der Waals surface area contributed by atoms with Crippen molar-refractivity contribution in [3.05, 3.63) is 0 Å². The summed E-state index contributed by atoms with van der Waals surface area (Å²) in [4.78, 5) is 12.3. The summed E-state index contributed by atoms with van der Waals surface area (Å²) in [5.41, 5.74) is 5.74. The molecule has 0 aromatic heterocycles. The van der Waals surface area contributed by atoms with Gasteiger partial charge in [0, 0.05) is 11.5 Å². The molecule has 0 aromatic carbocycles. The number of nitrogens with one attached hydrogen (secondary N) is 1. The fourth-order valence-electron chi connectivity index (χ4n) is 3.03. The van der Waals surface area contributed by atoms with E-state index in [9.17, 15) is 4.79 Å². The molecule has 1 saturated carbocycles. The van der Waals surface area contributed by atoms with Crippen molar-refractivity contribution in [2.75, 3.05) is 6.54 Å². The molecular formula is C14H28N2O. The maximum atomic E-state index is 12.3. The van der Waals surface area contributed by atoms with Crippen LogP contribution in [-0.4, -0.2) is 18.0 Å². The molecule has 17 heavy (non-hydrogen) atoms. The van der Waals surface area contributed by atoms with Crippen LogP contribution in [0, 0.1) is 11.8 Å². The van der Waals surface area contributed by atoms with Crippen LogP contribution >= 0.6 is 0 Å². The highest BCUT2D eigenvalue weighted by atomic mass is 16.2. The number of hydrogen-bond acceptors (Lipinski definition) is 2. The minimum absolute atomic E-state index is 0.00117. The lowest BCUT2D eigenvalue weighted by atomic mass is 9.87. The van der Waals surface area contributed by atoms with E-state index in [0.717, 1.165) is 38.5 Å². The van der Waals surface area contributed by atoms with E-state index in [1.807, 2.05) is 0 Å². The molecule has 3 heteroatoms. The molecule has 0 bridgehead atoms. The van der Waals surface area contributed by atoms with E-state index in [0.29, 0.717) is 12.5 Å². The zero-order valence-electron chi connectivity index (χ0n) is 11.6. The summed E-state index contributed by atoms with van der Waals surface area (Å²) in [7, 11) is 0. The maximum Gasteiger partial charge on any atom is 0.223 e. The van der Waals surface area contributed by atoms with Crippen LogP contribution in [0.1, 0.15) is 59.3 Å². The molecule has 1 aliphatic carbocycles. The fraction of sp³-hybridized carbons (Fsp3) is 0.929. The summed E-state index contributed by atoms with van der Waals surface area (Å²) in [5, 5.41) is 3.29. The van der Waals surface area contributed by atoms with Crippen molar-refractivity contribution in [2.45, 2.75) is 64.8 Å². The first kappa shape index (κ1) is 14.5. The van der Waals surface area contributed by atoms with Gasteiger partial charge >= 0.3 is 0 Å². The molecule has 1 aliphatic rings. The highest BCUT2D eigenvalue weighted by molar-refractivity contribution is 5.80. The smallest absolute Gasteiger partial charge is 0.223 e. The molecule has 0 radical (unpaired) electrons. The van der Waals surface area contributed by atoms with Crippen molar-refractivity contribution in [3.63, 3.8) is 0 Å². The molecule has 0 heterocycles. The monoisotopic (exact) mass is 240 g/mol. The van der Waals surface area contributed by atoms with Crippen LogP contribution in [0.5, 0.6) is 0 Å². The van der Waals surface area contributed by atoms with Crippen LogP contribution in [0.4, 0.5) is 0 Å². The summed E-state index contributed by atoms with van der Waals surface area (Å²) in [5.74, 6) is 0.797. The van der Waals surface area contributed by atoms with E-state index in [4.69, 9.17) is 5.73 Å². The Hall–Kier alpha value is -0.570. The van der Waals surface area contributed by atoms with Gasteiger partial charge in [-0.3, -0.25) is 4.79 Å². The number of amides is 1. The highest BCUT2D eigenvalue weighted by Gasteiger charge is 2.35. The second-order valence-corrected chi connectivity index (χ2v) is 5.36. The third kappa shape index (κ3) is 3.21. The summed E-state index contributed by atoms with van der Waals surface area (Å²) in [6, 6.07) is 0. The summed E-state index contributed by atoms with van der Waals surface area (Å²) in [6.45, 7) is 7.11. The molecule has 100 valence electrons. The molecule has 0 aromatic rings. The Bertz CT molecular complexity index is 240. The Labute approximate surface area is 106 Å². The van der Waals surface area contributed by atoms with Gasteiger partial charge in [0.25, 0.3) is 0 Å². The standard InChI is InChI=1S/C14H28N2O/c1-4-14(5-2,6-3)16-13(17)12-9-7-8-11(12)10-15/h11-12H,4-10,15H2,1-3H3,(H,16,17)/t11-,12-/m1/s1. The molecule has 2 atom stereocenters. The quantitative estimate of drug-likeness (QED) is 0.749. The van der Waals surface area contributed by atoms with Gasteiger partial charge in [-0.05, 0) is 44.6 Å². The average Bonchev–Trinajstić information content (AvgIpc) is 2.84. The van der Waals surface area contributed by atoms with Crippen molar-refractivity contribution >= 4 is 5.91 Å². The van der Waals surface area contributed by atoms with Crippen LogP contribution < -0.4 is 11.1 Å². The molecule has 0 aliphatic heterocycles. The first-order valence-corrected chi connectivity index (χ1v) is 7.14. The lowest BCUT2D eigenvalue weighted by molar-refractivity contribution is -0.128. The molecule has 1 rings (SSSR count). The second-order valence-electron chi connectivity index (χ2n) is 5.36. The summed E-state index contributed by atoms with van der Waals surface area (Å²) < 4.78 is 0. The minimum Gasteiger partial charge on any atom is -0.350 e. The fourth-order valence-corrected chi connectivity index (χ4v) is 3.03. The third-order valence-electron chi connectivity index (χ3n) is 4.72. The third-order valence-corrected chi connectivity index (χ3v) is 4.72. The normalized spacial score (nSPS) is 24.9. The highest BCUT2D eigenvalue weighted by Crippen LogP contribution is 2.32. The van der Waals surface area contributed by atoms with E-state index in [1.54, 1.807) is 0 Å². The molecule has 0 spiro atoms. The van der Waals surface area contributed by atoms with Crippen LogP contribution in [0.15, 0.2) is 0 Å². The van der Waals surface area contributed by atoms with Crippen molar-refractivity contribution in [2.24, 2.45) is 17.6 Å². The Kier molecular flexibility index (Phi) is 5.44. The molecule has 1 fully saturated rings. The van der Waals surface area contributed by atoms with Gasteiger partial charge in [-0.1, -0.05) is 27.2 Å². The predicted molar refractivity (Wildman–Crippen MR) is 71.6 cm³/mol. The van der Waals surface area contributed by atoms with Crippen molar-refractivity contribution in [1.29, 1.82) is 0 Å². The van der Waals surface area contributed by atoms with E-state index in [2.05, 4.69) is 26.1 Å². The van der Waals surface area contributed by atoms with Gasteiger partial charge in [-0.25, -0.2) is 0 Å². The van der Waals surface area contributed by atoms with Crippen LogP contribution in [-0.2, 0) is 4.79 Å². The van der Waals surface area contributed by atoms with E-state index in [-0.39, 0.29) is 17.4 Å². The lowest BCUT2D eigenvalue weighted by Crippen LogP contribution is -2.50. The number of hydrogen-bond donors (Lipinski definition) is 2. The minimum atomic E-state index is -0.00117. The van der Waals surface area contributed by atoms with Gasteiger partial charge in [0.1, 0.15) is 0 Å². The number of carbonyl (C=O) groups excluding carboxylic acids is 1. The Morgan fingerprint density at radius 2 is 1.82 bits per heavy atom. The van der Waals surface area contributed by atoms with Crippen LogP contribution in [0.2, 0.25) is 0 Å². The zero-order valence-corrected chi connectivity index (χ0v) is 11.6. The maximum absolute atomic E-state index is 12.3. The van der Waals surface area contributed by atoms with Crippen LogP contribution in [0.25, 0.3) is 0 Å².